The fourth-order valence-corrected chi connectivity index (χ4v) is 3.31. The monoisotopic (exact) mass is 327 g/mol. The molecular formula is C18H17NO3S. The number of ether oxygens (including phenoxy) is 2. The second-order valence-corrected chi connectivity index (χ2v) is 6.05. The Hall–Kier alpha value is -2.40. The summed E-state index contributed by atoms with van der Waals surface area (Å²) in [4.78, 5) is 16.4. The maximum Gasteiger partial charge on any atom is 0.347 e. The van der Waals surface area contributed by atoms with E-state index < -0.39 is 6.10 Å². The predicted octanol–water partition coefficient (Wildman–Crippen LogP) is 4.29. The van der Waals surface area contributed by atoms with Gasteiger partial charge in [-0.1, -0.05) is 31.2 Å². The molecule has 1 unspecified atom stereocenters. The van der Waals surface area contributed by atoms with Gasteiger partial charge in [-0.15, -0.1) is 11.3 Å². The van der Waals surface area contributed by atoms with Gasteiger partial charge in [-0.25, -0.2) is 9.78 Å². The number of hydrogen-bond acceptors (Lipinski definition) is 5. The van der Waals surface area contributed by atoms with Gasteiger partial charge in [0.15, 0.2) is 6.10 Å². The van der Waals surface area contributed by atoms with Crippen LogP contribution in [0.25, 0.3) is 20.8 Å². The number of carbonyl (C=O) groups excluding carboxylic acids is 1. The fraction of sp³-hybridized carbons (Fsp3) is 0.222. The van der Waals surface area contributed by atoms with E-state index in [1.165, 1.54) is 7.11 Å². The number of carbonyl (C=O) groups is 1. The van der Waals surface area contributed by atoms with Crippen LogP contribution in [0.2, 0.25) is 0 Å². The number of rotatable bonds is 5. The Labute approximate surface area is 138 Å². The van der Waals surface area contributed by atoms with Crippen molar-refractivity contribution in [2.45, 2.75) is 19.4 Å². The normalized spacial score (nSPS) is 12.1. The first-order chi connectivity index (χ1) is 11.2. The molecule has 1 atom stereocenters. The molecule has 1 aromatic heterocycles. The third-order valence-corrected chi connectivity index (χ3v) is 4.59. The van der Waals surface area contributed by atoms with Crippen LogP contribution in [0.1, 0.15) is 13.3 Å². The number of aromatic nitrogens is 1. The van der Waals surface area contributed by atoms with E-state index in [0.717, 1.165) is 20.8 Å². The maximum atomic E-state index is 11.8. The summed E-state index contributed by atoms with van der Waals surface area (Å²) in [5, 5.41) is 0.876. The third-order valence-electron chi connectivity index (χ3n) is 3.52. The molecule has 0 radical (unpaired) electrons. The van der Waals surface area contributed by atoms with Gasteiger partial charge in [-0.3, -0.25) is 0 Å². The summed E-state index contributed by atoms with van der Waals surface area (Å²) in [7, 11) is 1.37. The van der Waals surface area contributed by atoms with Crippen molar-refractivity contribution in [3.8, 4) is 16.3 Å². The Morgan fingerprint density at radius 3 is 2.65 bits per heavy atom. The van der Waals surface area contributed by atoms with E-state index >= 15 is 0 Å². The van der Waals surface area contributed by atoms with E-state index in [1.807, 2.05) is 55.5 Å². The van der Waals surface area contributed by atoms with Crippen LogP contribution >= 0.6 is 11.3 Å². The number of hydrogen-bond donors (Lipinski definition) is 0. The summed E-state index contributed by atoms with van der Waals surface area (Å²) in [6.07, 6.45) is -0.0727. The largest absolute Gasteiger partial charge is 0.478 e. The second kappa shape index (κ2) is 6.79. The number of benzene rings is 2. The molecule has 4 nitrogen and oxygen atoms in total. The quantitative estimate of drug-likeness (QED) is 0.656. The molecule has 0 fully saturated rings. The molecule has 23 heavy (non-hydrogen) atoms. The molecule has 0 aliphatic rings. The van der Waals surface area contributed by atoms with E-state index in [1.54, 1.807) is 11.3 Å². The minimum atomic E-state index is -0.615. The first kappa shape index (κ1) is 15.5. The van der Waals surface area contributed by atoms with Crippen LogP contribution in [0, 0.1) is 0 Å². The number of thiazole rings is 1. The summed E-state index contributed by atoms with van der Waals surface area (Å²) in [6.45, 7) is 1.89. The number of fused-ring (bicyclic) bond motifs is 1. The van der Waals surface area contributed by atoms with E-state index in [4.69, 9.17) is 9.47 Å². The van der Waals surface area contributed by atoms with Crippen molar-refractivity contribution >= 4 is 27.5 Å². The zero-order valence-corrected chi connectivity index (χ0v) is 13.8. The first-order valence-electron chi connectivity index (χ1n) is 7.42. The van der Waals surface area contributed by atoms with Crippen molar-refractivity contribution in [2.24, 2.45) is 0 Å². The average Bonchev–Trinajstić information content (AvgIpc) is 3.03. The van der Waals surface area contributed by atoms with Gasteiger partial charge in [0.1, 0.15) is 10.8 Å². The summed E-state index contributed by atoms with van der Waals surface area (Å²) < 4.78 is 11.8. The smallest absolute Gasteiger partial charge is 0.347 e. The number of esters is 1. The van der Waals surface area contributed by atoms with Crippen molar-refractivity contribution in [2.75, 3.05) is 7.11 Å². The van der Waals surface area contributed by atoms with Gasteiger partial charge in [-0.2, -0.15) is 0 Å². The highest BCUT2D eigenvalue weighted by molar-refractivity contribution is 7.21. The van der Waals surface area contributed by atoms with Crippen LogP contribution in [0.3, 0.4) is 0 Å². The molecule has 1 heterocycles. The SMILES string of the molecule is CCC(Oc1ccccc1-c1nc2ccccc2s1)C(=O)OC. The Balaban J connectivity index is 1.98. The zero-order chi connectivity index (χ0) is 16.2. The first-order valence-corrected chi connectivity index (χ1v) is 8.24. The van der Waals surface area contributed by atoms with Gasteiger partial charge < -0.3 is 9.47 Å². The van der Waals surface area contributed by atoms with Crippen molar-refractivity contribution < 1.29 is 14.3 Å². The lowest BCUT2D eigenvalue weighted by Gasteiger charge is -2.17. The van der Waals surface area contributed by atoms with Crippen LogP contribution < -0.4 is 4.74 Å². The van der Waals surface area contributed by atoms with E-state index in [-0.39, 0.29) is 5.97 Å². The molecule has 3 aromatic rings. The van der Waals surface area contributed by atoms with Crippen molar-refractivity contribution in [3.63, 3.8) is 0 Å². The molecule has 0 amide bonds. The van der Waals surface area contributed by atoms with Crippen LogP contribution in [0.15, 0.2) is 48.5 Å². The van der Waals surface area contributed by atoms with Gasteiger partial charge in [-0.05, 0) is 30.7 Å². The molecule has 0 spiro atoms. The highest BCUT2D eigenvalue weighted by Gasteiger charge is 2.21. The lowest BCUT2D eigenvalue weighted by Crippen LogP contribution is -2.27. The molecule has 0 aliphatic heterocycles. The van der Waals surface area contributed by atoms with E-state index in [9.17, 15) is 4.79 Å². The van der Waals surface area contributed by atoms with Gasteiger partial charge in [0, 0.05) is 0 Å². The zero-order valence-electron chi connectivity index (χ0n) is 13.0. The van der Waals surface area contributed by atoms with Gasteiger partial charge in [0.25, 0.3) is 0 Å². The van der Waals surface area contributed by atoms with Crippen molar-refractivity contribution in [3.05, 3.63) is 48.5 Å². The molecule has 0 saturated heterocycles. The molecule has 5 heteroatoms. The van der Waals surface area contributed by atoms with Gasteiger partial charge in [0.2, 0.25) is 0 Å². The molecule has 2 aromatic carbocycles. The highest BCUT2D eigenvalue weighted by Crippen LogP contribution is 2.36. The minimum absolute atomic E-state index is 0.369. The molecule has 3 rings (SSSR count). The van der Waals surface area contributed by atoms with E-state index in [2.05, 4.69) is 4.98 Å². The number of para-hydroxylation sites is 2. The second-order valence-electron chi connectivity index (χ2n) is 5.02. The Morgan fingerprint density at radius 2 is 1.91 bits per heavy atom. The Bertz CT molecular complexity index is 795. The Kier molecular flexibility index (Phi) is 4.57. The van der Waals surface area contributed by atoms with Crippen molar-refractivity contribution in [1.82, 2.24) is 4.98 Å². The summed E-state index contributed by atoms with van der Waals surface area (Å²) >= 11 is 1.61. The molecule has 118 valence electrons. The molecular weight excluding hydrogens is 310 g/mol. The summed E-state index contributed by atoms with van der Waals surface area (Å²) in [6, 6.07) is 15.6. The fourth-order valence-electron chi connectivity index (χ4n) is 2.32. The predicted molar refractivity (Wildman–Crippen MR) is 91.8 cm³/mol. The summed E-state index contributed by atoms with van der Waals surface area (Å²) in [5.41, 5.74) is 1.85. The van der Waals surface area contributed by atoms with E-state index in [0.29, 0.717) is 12.2 Å². The van der Waals surface area contributed by atoms with Crippen LogP contribution in [0.4, 0.5) is 0 Å². The van der Waals surface area contributed by atoms with Crippen LogP contribution in [-0.2, 0) is 9.53 Å². The summed E-state index contributed by atoms with van der Waals surface area (Å²) in [5.74, 6) is 0.274. The lowest BCUT2D eigenvalue weighted by atomic mass is 10.2. The van der Waals surface area contributed by atoms with Crippen molar-refractivity contribution in [1.29, 1.82) is 0 Å². The number of nitrogens with zero attached hydrogens (tertiary/aromatic N) is 1. The Morgan fingerprint density at radius 1 is 1.17 bits per heavy atom. The topological polar surface area (TPSA) is 48.4 Å². The highest BCUT2D eigenvalue weighted by atomic mass is 32.1. The van der Waals surface area contributed by atoms with Gasteiger partial charge >= 0.3 is 5.97 Å². The standard InChI is InChI=1S/C18H17NO3S/c1-3-14(18(20)21-2)22-15-10-6-4-8-12(15)17-19-13-9-5-7-11-16(13)23-17/h4-11,14H,3H2,1-2H3. The molecule has 0 saturated carbocycles. The minimum Gasteiger partial charge on any atom is -0.478 e. The molecule has 0 N–H and O–H groups in total. The maximum absolute atomic E-state index is 11.8. The third kappa shape index (κ3) is 3.19. The van der Waals surface area contributed by atoms with Gasteiger partial charge in [0.05, 0.1) is 22.9 Å². The average molecular weight is 327 g/mol. The van der Waals surface area contributed by atoms with Crippen LogP contribution in [0.5, 0.6) is 5.75 Å². The molecule has 0 bridgehead atoms. The molecule has 0 aliphatic carbocycles. The number of methoxy groups -OCH3 is 1. The lowest BCUT2D eigenvalue weighted by molar-refractivity contribution is -0.148. The van der Waals surface area contributed by atoms with Crippen LogP contribution in [-0.4, -0.2) is 24.2 Å².